The highest BCUT2D eigenvalue weighted by Crippen LogP contribution is 2.28. The number of nitrogens with one attached hydrogen (secondary N) is 2. The number of carbonyl (C=O) groups is 1. The van der Waals surface area contributed by atoms with Crippen LogP contribution >= 0.6 is 0 Å². The Balaban J connectivity index is 2.11. The van der Waals surface area contributed by atoms with Gasteiger partial charge in [0.15, 0.2) is 0 Å². The summed E-state index contributed by atoms with van der Waals surface area (Å²) in [7, 11) is 0. The third kappa shape index (κ3) is 4.07. The van der Waals surface area contributed by atoms with E-state index >= 15 is 0 Å². The summed E-state index contributed by atoms with van der Waals surface area (Å²) in [5.41, 5.74) is 8.22. The van der Waals surface area contributed by atoms with Gasteiger partial charge in [0.2, 0.25) is 6.41 Å². The first-order chi connectivity index (χ1) is 10.2. The molecule has 0 aliphatic heterocycles. The Kier molecular flexibility index (Phi) is 5.38. The van der Waals surface area contributed by atoms with Gasteiger partial charge in [-0.25, -0.2) is 4.68 Å². The minimum atomic E-state index is 0.195. The molecule has 1 saturated carbocycles. The molecule has 1 aromatic heterocycles. The maximum Gasteiger partial charge on any atom is 0.207 e. The van der Waals surface area contributed by atoms with Crippen molar-refractivity contribution >= 4 is 18.3 Å². The van der Waals surface area contributed by atoms with E-state index in [1.165, 1.54) is 12.8 Å². The van der Waals surface area contributed by atoms with Crippen LogP contribution in [0.15, 0.2) is 6.08 Å². The molecule has 0 aromatic carbocycles. The van der Waals surface area contributed by atoms with Crippen molar-refractivity contribution in [2.45, 2.75) is 51.7 Å². The molecule has 1 unspecified atom stereocenters. The minimum absolute atomic E-state index is 0.195. The van der Waals surface area contributed by atoms with Crippen molar-refractivity contribution in [2.75, 3.05) is 12.3 Å². The van der Waals surface area contributed by atoms with Crippen LogP contribution in [0, 0.1) is 0 Å². The minimum Gasteiger partial charge on any atom is -0.383 e. The Morgan fingerprint density at radius 2 is 2.29 bits per heavy atom. The number of rotatable bonds is 9. The van der Waals surface area contributed by atoms with E-state index in [9.17, 15) is 4.79 Å². The number of hydrogen-bond acceptors (Lipinski definition) is 4. The molecule has 6 nitrogen and oxygen atoms in total. The van der Waals surface area contributed by atoms with E-state index < -0.39 is 0 Å². The van der Waals surface area contributed by atoms with Gasteiger partial charge in [-0.15, -0.1) is 0 Å². The lowest BCUT2D eigenvalue weighted by Gasteiger charge is -2.11. The lowest BCUT2D eigenvalue weighted by Crippen LogP contribution is -2.22. The highest BCUT2D eigenvalue weighted by atomic mass is 16.1. The van der Waals surface area contributed by atoms with Crippen LogP contribution in [0.2, 0.25) is 0 Å². The van der Waals surface area contributed by atoms with E-state index in [2.05, 4.69) is 22.7 Å². The number of hydrogen-bond donors (Lipinski definition) is 3. The first kappa shape index (κ1) is 15.6. The molecule has 21 heavy (non-hydrogen) atoms. The van der Waals surface area contributed by atoms with Crippen LogP contribution in [0.25, 0.3) is 6.08 Å². The standard InChI is InChI=1S/C15H25N5O/c1-3-5-13-14(11(2)18-12-6-7-12)19-20(15(13)16)9-4-8-17-10-21/h3,5,10-12,18H,4,6-9,16H2,1-2H3,(H,17,21)/b5-3-. The topological polar surface area (TPSA) is 85.0 Å². The Labute approximate surface area is 125 Å². The third-order valence-electron chi connectivity index (χ3n) is 3.64. The molecular formula is C15H25N5O. The quantitative estimate of drug-likeness (QED) is 0.475. The summed E-state index contributed by atoms with van der Waals surface area (Å²) in [6.07, 6.45) is 8.02. The zero-order chi connectivity index (χ0) is 15.2. The summed E-state index contributed by atoms with van der Waals surface area (Å²) in [5.74, 6) is 0.693. The maximum absolute atomic E-state index is 10.2. The molecule has 1 aromatic rings. The molecule has 4 N–H and O–H groups in total. The number of anilines is 1. The van der Waals surface area contributed by atoms with Crippen molar-refractivity contribution in [3.63, 3.8) is 0 Å². The Morgan fingerprint density at radius 3 is 2.90 bits per heavy atom. The lowest BCUT2D eigenvalue weighted by molar-refractivity contribution is -0.109. The van der Waals surface area contributed by atoms with Gasteiger partial charge in [-0.1, -0.05) is 12.2 Å². The zero-order valence-corrected chi connectivity index (χ0v) is 12.8. The second-order valence-electron chi connectivity index (χ2n) is 5.50. The van der Waals surface area contributed by atoms with Gasteiger partial charge in [0.25, 0.3) is 0 Å². The molecule has 1 heterocycles. The van der Waals surface area contributed by atoms with Gasteiger partial charge in [0, 0.05) is 30.7 Å². The normalized spacial score (nSPS) is 16.3. The molecule has 1 atom stereocenters. The average molecular weight is 291 g/mol. The second-order valence-corrected chi connectivity index (χ2v) is 5.50. The van der Waals surface area contributed by atoms with Crippen molar-refractivity contribution in [1.82, 2.24) is 20.4 Å². The van der Waals surface area contributed by atoms with Crippen molar-refractivity contribution < 1.29 is 4.79 Å². The van der Waals surface area contributed by atoms with Gasteiger partial charge in [0.05, 0.1) is 5.69 Å². The largest absolute Gasteiger partial charge is 0.383 e. The fraction of sp³-hybridized carbons (Fsp3) is 0.600. The molecule has 0 spiro atoms. The molecule has 0 saturated heterocycles. The number of aromatic nitrogens is 2. The Bertz CT molecular complexity index is 504. The first-order valence-corrected chi connectivity index (χ1v) is 7.59. The van der Waals surface area contributed by atoms with E-state index in [1.807, 2.05) is 23.8 Å². The summed E-state index contributed by atoms with van der Waals surface area (Å²) in [4.78, 5) is 10.2. The predicted molar refractivity (Wildman–Crippen MR) is 84.6 cm³/mol. The molecule has 2 rings (SSSR count). The van der Waals surface area contributed by atoms with E-state index in [4.69, 9.17) is 5.73 Å². The van der Waals surface area contributed by atoms with Gasteiger partial charge >= 0.3 is 0 Å². The van der Waals surface area contributed by atoms with Gasteiger partial charge in [-0.2, -0.15) is 5.10 Å². The molecule has 1 aliphatic rings. The monoisotopic (exact) mass is 291 g/mol. The van der Waals surface area contributed by atoms with Gasteiger partial charge in [0.1, 0.15) is 5.82 Å². The summed E-state index contributed by atoms with van der Waals surface area (Å²) in [6, 6.07) is 0.821. The van der Waals surface area contributed by atoms with Crippen LogP contribution in [0.1, 0.15) is 50.4 Å². The summed E-state index contributed by atoms with van der Waals surface area (Å²) in [6.45, 7) is 5.44. The second kappa shape index (κ2) is 7.26. The van der Waals surface area contributed by atoms with Crippen LogP contribution in [-0.4, -0.2) is 28.8 Å². The summed E-state index contributed by atoms with van der Waals surface area (Å²) in [5, 5.41) is 10.9. The molecule has 1 amide bonds. The van der Waals surface area contributed by atoms with E-state index in [-0.39, 0.29) is 6.04 Å². The number of nitrogens with zero attached hydrogens (tertiary/aromatic N) is 2. The number of nitrogen functional groups attached to an aromatic ring is 1. The smallest absolute Gasteiger partial charge is 0.207 e. The first-order valence-electron chi connectivity index (χ1n) is 7.59. The van der Waals surface area contributed by atoms with Gasteiger partial charge in [-0.05, 0) is 33.1 Å². The number of carbonyl (C=O) groups excluding carboxylic acids is 1. The molecule has 1 aliphatic carbocycles. The number of aryl methyl sites for hydroxylation is 1. The number of amides is 1. The molecule has 6 heteroatoms. The van der Waals surface area contributed by atoms with Crippen molar-refractivity contribution in [2.24, 2.45) is 0 Å². The molecule has 116 valence electrons. The fourth-order valence-corrected chi connectivity index (χ4v) is 2.41. The molecular weight excluding hydrogens is 266 g/mol. The SMILES string of the molecule is C/C=C\c1c(C(C)NC2CC2)nn(CCCNC=O)c1N. The van der Waals surface area contributed by atoms with Gasteiger partial charge in [-0.3, -0.25) is 4.79 Å². The molecule has 1 fully saturated rings. The lowest BCUT2D eigenvalue weighted by atomic mass is 10.1. The third-order valence-corrected chi connectivity index (χ3v) is 3.64. The van der Waals surface area contributed by atoms with Crippen LogP contribution < -0.4 is 16.4 Å². The van der Waals surface area contributed by atoms with Crippen molar-refractivity contribution in [3.8, 4) is 0 Å². The average Bonchev–Trinajstić information content (AvgIpc) is 3.22. The van der Waals surface area contributed by atoms with Crippen LogP contribution in [0.4, 0.5) is 5.82 Å². The zero-order valence-electron chi connectivity index (χ0n) is 12.8. The molecule has 0 radical (unpaired) electrons. The van der Waals surface area contributed by atoms with Crippen LogP contribution in [0.5, 0.6) is 0 Å². The Morgan fingerprint density at radius 1 is 1.52 bits per heavy atom. The van der Waals surface area contributed by atoms with Crippen LogP contribution in [-0.2, 0) is 11.3 Å². The van der Waals surface area contributed by atoms with Crippen molar-refractivity contribution in [1.29, 1.82) is 0 Å². The number of allylic oxidation sites excluding steroid dienone is 1. The van der Waals surface area contributed by atoms with Crippen molar-refractivity contribution in [3.05, 3.63) is 17.3 Å². The maximum atomic E-state index is 10.2. The van der Waals surface area contributed by atoms with Gasteiger partial charge < -0.3 is 16.4 Å². The van der Waals surface area contributed by atoms with E-state index in [0.29, 0.717) is 31.4 Å². The summed E-state index contributed by atoms with van der Waals surface area (Å²) < 4.78 is 1.84. The predicted octanol–water partition coefficient (Wildman–Crippen LogP) is 1.45. The summed E-state index contributed by atoms with van der Waals surface area (Å²) >= 11 is 0. The van der Waals surface area contributed by atoms with E-state index in [0.717, 1.165) is 17.7 Å². The van der Waals surface area contributed by atoms with E-state index in [1.54, 1.807) is 0 Å². The number of nitrogens with two attached hydrogens (primary N) is 1. The Hall–Kier alpha value is -1.82. The fourth-order valence-electron chi connectivity index (χ4n) is 2.41. The highest BCUT2D eigenvalue weighted by Gasteiger charge is 2.26. The molecule has 0 bridgehead atoms. The highest BCUT2D eigenvalue weighted by molar-refractivity contribution is 5.64. The van der Waals surface area contributed by atoms with Crippen LogP contribution in [0.3, 0.4) is 0 Å².